The van der Waals surface area contributed by atoms with Crippen molar-refractivity contribution in [2.45, 2.75) is 12.5 Å². The number of hydrogen-bond acceptors (Lipinski definition) is 4. The lowest BCUT2D eigenvalue weighted by molar-refractivity contribution is -0.119. The van der Waals surface area contributed by atoms with E-state index in [1.165, 1.54) is 0 Å². The Kier molecular flexibility index (Phi) is 4.77. The molecule has 2 rings (SSSR count). The van der Waals surface area contributed by atoms with Crippen molar-refractivity contribution in [3.8, 4) is 0 Å². The van der Waals surface area contributed by atoms with Gasteiger partial charge in [0.05, 0.1) is 5.00 Å². The highest BCUT2D eigenvalue weighted by Gasteiger charge is 2.22. The summed E-state index contributed by atoms with van der Waals surface area (Å²) in [6, 6.07) is 2.24. The molecule has 1 N–H and O–H groups in total. The van der Waals surface area contributed by atoms with Crippen LogP contribution < -0.4 is 10.2 Å². The molecule has 0 aromatic carbocycles. The molecule has 1 unspecified atom stereocenters. The molecule has 1 atom stereocenters. The summed E-state index contributed by atoms with van der Waals surface area (Å²) in [6.45, 7) is 2.95. The molecule has 0 saturated carbocycles. The Balaban J connectivity index is 1.91. The third kappa shape index (κ3) is 3.54. The fourth-order valence-corrected chi connectivity index (χ4v) is 3.48. The average Bonchev–Trinajstić information content (AvgIpc) is 2.75. The molecule has 1 aromatic heterocycles. The van der Waals surface area contributed by atoms with E-state index in [2.05, 4.69) is 33.2 Å². The molecular formula is C12H18BrN3OS. The molecule has 1 saturated heterocycles. The first kappa shape index (κ1) is 14.0. The second-order valence-corrected chi connectivity index (χ2v) is 6.48. The molecule has 18 heavy (non-hydrogen) atoms. The van der Waals surface area contributed by atoms with Gasteiger partial charge in [0.1, 0.15) is 0 Å². The summed E-state index contributed by atoms with van der Waals surface area (Å²) in [5.41, 5.74) is 0. The number of nitrogens with one attached hydrogen (secondary N) is 1. The Morgan fingerprint density at radius 1 is 1.72 bits per heavy atom. The first-order valence-corrected chi connectivity index (χ1v) is 7.66. The van der Waals surface area contributed by atoms with Gasteiger partial charge in [-0.05, 0) is 29.0 Å². The zero-order valence-corrected chi connectivity index (χ0v) is 13.1. The average molecular weight is 332 g/mol. The molecule has 1 aromatic rings. The quantitative estimate of drug-likeness (QED) is 0.916. The minimum atomic E-state index is 0.164. The van der Waals surface area contributed by atoms with Crippen LogP contribution >= 0.6 is 27.3 Å². The van der Waals surface area contributed by atoms with Crippen molar-refractivity contribution >= 4 is 38.2 Å². The summed E-state index contributed by atoms with van der Waals surface area (Å²) in [5.74, 6) is 0.164. The van der Waals surface area contributed by atoms with Crippen molar-refractivity contribution in [1.82, 2.24) is 10.2 Å². The molecule has 1 amide bonds. The van der Waals surface area contributed by atoms with E-state index >= 15 is 0 Å². The predicted octanol–water partition coefficient (Wildman–Crippen LogP) is 1.77. The van der Waals surface area contributed by atoms with Gasteiger partial charge in [-0.3, -0.25) is 4.79 Å². The number of carbonyl (C=O) groups excluding carboxylic acids is 1. The zero-order chi connectivity index (χ0) is 13.1. The predicted molar refractivity (Wildman–Crippen MR) is 79.3 cm³/mol. The van der Waals surface area contributed by atoms with Gasteiger partial charge in [0.25, 0.3) is 0 Å². The molecule has 0 radical (unpaired) electrons. The molecule has 6 heteroatoms. The first-order valence-electron chi connectivity index (χ1n) is 5.99. The number of thiophene rings is 1. The van der Waals surface area contributed by atoms with Crippen LogP contribution in [0.4, 0.5) is 5.00 Å². The number of hydrogen-bond donors (Lipinski definition) is 1. The fourth-order valence-electron chi connectivity index (χ4n) is 2.08. The molecule has 0 spiro atoms. The van der Waals surface area contributed by atoms with Crippen molar-refractivity contribution in [3.63, 3.8) is 0 Å². The highest BCUT2D eigenvalue weighted by molar-refractivity contribution is 9.10. The van der Waals surface area contributed by atoms with Crippen LogP contribution in [-0.2, 0) is 4.79 Å². The van der Waals surface area contributed by atoms with Crippen molar-refractivity contribution < 1.29 is 4.79 Å². The first-order chi connectivity index (χ1) is 8.56. The van der Waals surface area contributed by atoms with Crippen LogP contribution in [0.5, 0.6) is 0 Å². The number of amides is 1. The fraction of sp³-hybridized carbons (Fsp3) is 0.583. The molecule has 100 valence electrons. The summed E-state index contributed by atoms with van der Waals surface area (Å²) < 4.78 is 1.03. The van der Waals surface area contributed by atoms with Gasteiger partial charge in [0.2, 0.25) is 5.91 Å². The topological polar surface area (TPSA) is 35.6 Å². The van der Waals surface area contributed by atoms with Crippen molar-refractivity contribution in [2.24, 2.45) is 0 Å². The number of carbonyl (C=O) groups is 1. The van der Waals surface area contributed by atoms with Crippen LogP contribution in [0.15, 0.2) is 15.9 Å². The maximum Gasteiger partial charge on any atom is 0.228 e. The van der Waals surface area contributed by atoms with Gasteiger partial charge in [-0.2, -0.15) is 0 Å². The van der Waals surface area contributed by atoms with E-state index in [0.29, 0.717) is 6.42 Å². The van der Waals surface area contributed by atoms with Crippen LogP contribution in [-0.4, -0.2) is 50.6 Å². The van der Waals surface area contributed by atoms with Crippen LogP contribution in [0.25, 0.3) is 0 Å². The van der Waals surface area contributed by atoms with E-state index in [1.807, 2.05) is 18.5 Å². The Morgan fingerprint density at radius 3 is 3.11 bits per heavy atom. The maximum absolute atomic E-state index is 12.2. The van der Waals surface area contributed by atoms with Gasteiger partial charge < -0.3 is 15.1 Å². The zero-order valence-electron chi connectivity index (χ0n) is 10.6. The van der Waals surface area contributed by atoms with Gasteiger partial charge >= 0.3 is 0 Å². The number of anilines is 1. The van der Waals surface area contributed by atoms with Crippen LogP contribution in [0.3, 0.4) is 0 Å². The second-order valence-electron chi connectivity index (χ2n) is 4.67. The van der Waals surface area contributed by atoms with Gasteiger partial charge in [0, 0.05) is 49.0 Å². The second kappa shape index (κ2) is 6.14. The van der Waals surface area contributed by atoms with E-state index in [9.17, 15) is 4.79 Å². The standard InChI is InChI=1S/C12H18BrN3OS/c1-15-4-3-14-10(7-15)6-11(17)16(2)12-5-9(13)8-18-12/h5,8,10,14H,3-4,6-7H2,1-2H3. The minimum Gasteiger partial charge on any atom is -0.311 e. The van der Waals surface area contributed by atoms with Crippen molar-refractivity contribution in [2.75, 3.05) is 38.6 Å². The Morgan fingerprint density at radius 2 is 2.50 bits per heavy atom. The molecule has 1 aliphatic rings. The maximum atomic E-state index is 12.2. The number of nitrogens with zero attached hydrogens (tertiary/aromatic N) is 2. The largest absolute Gasteiger partial charge is 0.311 e. The summed E-state index contributed by atoms with van der Waals surface area (Å²) in [7, 11) is 3.94. The summed E-state index contributed by atoms with van der Waals surface area (Å²) in [4.78, 5) is 16.2. The van der Waals surface area contributed by atoms with Crippen LogP contribution in [0, 0.1) is 0 Å². The lowest BCUT2D eigenvalue weighted by Crippen LogP contribution is -2.50. The summed E-state index contributed by atoms with van der Waals surface area (Å²) in [5, 5.41) is 6.37. The summed E-state index contributed by atoms with van der Waals surface area (Å²) >= 11 is 4.99. The van der Waals surface area contributed by atoms with Crippen molar-refractivity contribution in [1.29, 1.82) is 0 Å². The minimum absolute atomic E-state index is 0.164. The number of halogens is 1. The van der Waals surface area contributed by atoms with Gasteiger partial charge in [-0.1, -0.05) is 0 Å². The molecule has 2 heterocycles. The van der Waals surface area contributed by atoms with E-state index in [-0.39, 0.29) is 11.9 Å². The Bertz CT molecular complexity index is 423. The third-order valence-electron chi connectivity index (χ3n) is 3.14. The number of rotatable bonds is 3. The molecule has 0 aliphatic carbocycles. The lowest BCUT2D eigenvalue weighted by atomic mass is 10.1. The van der Waals surface area contributed by atoms with E-state index in [0.717, 1.165) is 29.1 Å². The van der Waals surface area contributed by atoms with Gasteiger partial charge in [-0.25, -0.2) is 0 Å². The molecule has 1 aliphatic heterocycles. The molecule has 1 fully saturated rings. The normalized spacial score (nSPS) is 20.9. The van der Waals surface area contributed by atoms with E-state index in [4.69, 9.17) is 0 Å². The number of piperazine rings is 1. The smallest absolute Gasteiger partial charge is 0.228 e. The SMILES string of the molecule is CN1CCNC(CC(=O)N(C)c2cc(Br)cs2)C1. The Hall–Kier alpha value is -0.430. The highest BCUT2D eigenvalue weighted by atomic mass is 79.9. The molecule has 4 nitrogen and oxygen atoms in total. The highest BCUT2D eigenvalue weighted by Crippen LogP contribution is 2.27. The molecule has 0 bridgehead atoms. The van der Waals surface area contributed by atoms with E-state index < -0.39 is 0 Å². The molecular weight excluding hydrogens is 314 g/mol. The number of likely N-dealkylation sites (N-methyl/N-ethyl adjacent to an activating group) is 1. The van der Waals surface area contributed by atoms with Crippen molar-refractivity contribution in [3.05, 3.63) is 15.9 Å². The van der Waals surface area contributed by atoms with Gasteiger partial charge in [-0.15, -0.1) is 11.3 Å². The van der Waals surface area contributed by atoms with E-state index in [1.54, 1.807) is 16.2 Å². The van der Waals surface area contributed by atoms with Crippen LogP contribution in [0.2, 0.25) is 0 Å². The monoisotopic (exact) mass is 331 g/mol. The summed E-state index contributed by atoms with van der Waals surface area (Å²) in [6.07, 6.45) is 0.552. The third-order valence-corrected chi connectivity index (χ3v) is 4.90. The Labute approximate surface area is 120 Å². The van der Waals surface area contributed by atoms with Gasteiger partial charge in [0.15, 0.2) is 0 Å². The lowest BCUT2D eigenvalue weighted by Gasteiger charge is -2.31. The van der Waals surface area contributed by atoms with Crippen LogP contribution in [0.1, 0.15) is 6.42 Å².